The minimum Gasteiger partial charge on any atom is -0.488 e. The summed E-state index contributed by atoms with van der Waals surface area (Å²) in [6.45, 7) is 0.769. The number of aromatic nitrogens is 4. The van der Waals surface area contributed by atoms with Gasteiger partial charge in [-0.3, -0.25) is 0 Å². The van der Waals surface area contributed by atoms with Crippen LogP contribution in [-0.2, 0) is 13.5 Å². The van der Waals surface area contributed by atoms with Gasteiger partial charge < -0.3 is 14.2 Å². The number of ether oxygens (including phenoxy) is 1. The Kier molecular flexibility index (Phi) is 3.65. The fourth-order valence-electron chi connectivity index (χ4n) is 3.02. The standard InChI is InChI=1S/C18H19N5O/c1-22-10-9-19-18(22)15-7-8-17(21-20-15)23(2)12-14-11-13-5-3-4-6-16(13)24-14/h3-10,14H,11-12H2,1-2H3. The summed E-state index contributed by atoms with van der Waals surface area (Å²) in [6, 6.07) is 12.1. The van der Waals surface area contributed by atoms with E-state index in [-0.39, 0.29) is 6.10 Å². The Balaban J connectivity index is 1.44. The second-order valence-corrected chi connectivity index (χ2v) is 6.07. The fraction of sp³-hybridized carbons (Fsp3) is 0.278. The zero-order chi connectivity index (χ0) is 16.5. The molecule has 3 heterocycles. The van der Waals surface area contributed by atoms with Crippen molar-refractivity contribution in [3.05, 3.63) is 54.4 Å². The third-order valence-corrected chi connectivity index (χ3v) is 4.28. The van der Waals surface area contributed by atoms with Gasteiger partial charge in [-0.1, -0.05) is 18.2 Å². The van der Waals surface area contributed by atoms with Gasteiger partial charge in [0.25, 0.3) is 0 Å². The van der Waals surface area contributed by atoms with Crippen molar-refractivity contribution < 1.29 is 4.74 Å². The number of likely N-dealkylation sites (N-methyl/N-ethyl adjacent to an activating group) is 1. The summed E-state index contributed by atoms with van der Waals surface area (Å²) in [5, 5.41) is 8.64. The minimum atomic E-state index is 0.142. The van der Waals surface area contributed by atoms with Crippen LogP contribution in [0.15, 0.2) is 48.8 Å². The van der Waals surface area contributed by atoms with Crippen LogP contribution < -0.4 is 9.64 Å². The number of aryl methyl sites for hydroxylation is 1. The van der Waals surface area contributed by atoms with Crippen LogP contribution in [0.25, 0.3) is 11.5 Å². The Morgan fingerprint density at radius 3 is 2.79 bits per heavy atom. The van der Waals surface area contributed by atoms with E-state index in [4.69, 9.17) is 4.74 Å². The van der Waals surface area contributed by atoms with Crippen LogP contribution in [0, 0.1) is 0 Å². The van der Waals surface area contributed by atoms with Crippen LogP contribution in [-0.4, -0.2) is 39.4 Å². The van der Waals surface area contributed by atoms with Crippen molar-refractivity contribution in [1.82, 2.24) is 19.7 Å². The summed E-state index contributed by atoms with van der Waals surface area (Å²) in [5.74, 6) is 2.63. The van der Waals surface area contributed by atoms with E-state index in [1.165, 1.54) is 5.56 Å². The molecule has 1 unspecified atom stereocenters. The van der Waals surface area contributed by atoms with E-state index in [9.17, 15) is 0 Å². The minimum absolute atomic E-state index is 0.142. The summed E-state index contributed by atoms with van der Waals surface area (Å²) in [6.07, 6.45) is 4.72. The topological polar surface area (TPSA) is 56.1 Å². The van der Waals surface area contributed by atoms with Gasteiger partial charge in [0.15, 0.2) is 11.6 Å². The van der Waals surface area contributed by atoms with Gasteiger partial charge in [-0.2, -0.15) is 0 Å². The van der Waals surface area contributed by atoms with E-state index < -0.39 is 0 Å². The molecular weight excluding hydrogens is 302 g/mol. The van der Waals surface area contributed by atoms with Crippen LogP contribution in [0.1, 0.15) is 5.56 Å². The number of hydrogen-bond acceptors (Lipinski definition) is 5. The summed E-state index contributed by atoms with van der Waals surface area (Å²) >= 11 is 0. The van der Waals surface area contributed by atoms with Gasteiger partial charge in [-0.15, -0.1) is 10.2 Å². The van der Waals surface area contributed by atoms with Crippen LogP contribution in [0.2, 0.25) is 0 Å². The maximum Gasteiger partial charge on any atom is 0.160 e. The summed E-state index contributed by atoms with van der Waals surface area (Å²) in [5.41, 5.74) is 2.04. The van der Waals surface area contributed by atoms with Gasteiger partial charge in [0.1, 0.15) is 17.5 Å². The molecule has 0 saturated carbocycles. The maximum absolute atomic E-state index is 5.99. The first-order valence-electron chi connectivity index (χ1n) is 7.98. The molecule has 0 aliphatic carbocycles. The predicted octanol–water partition coefficient (Wildman–Crippen LogP) is 2.32. The third-order valence-electron chi connectivity index (χ3n) is 4.28. The van der Waals surface area contributed by atoms with Crippen LogP contribution in [0.4, 0.5) is 5.82 Å². The molecule has 1 aliphatic heterocycles. The number of fused-ring (bicyclic) bond motifs is 1. The van der Waals surface area contributed by atoms with Crippen molar-refractivity contribution in [3.63, 3.8) is 0 Å². The molecule has 0 bridgehead atoms. The van der Waals surface area contributed by atoms with Crippen molar-refractivity contribution in [2.45, 2.75) is 12.5 Å². The van der Waals surface area contributed by atoms with Crippen molar-refractivity contribution >= 4 is 5.82 Å². The largest absolute Gasteiger partial charge is 0.488 e. The number of rotatable bonds is 4. The first kappa shape index (κ1) is 14.7. The van der Waals surface area contributed by atoms with Crippen LogP contribution in [0.3, 0.4) is 0 Å². The Labute approximate surface area is 140 Å². The molecule has 0 fully saturated rings. The van der Waals surface area contributed by atoms with Gasteiger partial charge >= 0.3 is 0 Å². The molecule has 6 nitrogen and oxygen atoms in total. The highest BCUT2D eigenvalue weighted by atomic mass is 16.5. The molecule has 0 amide bonds. The van der Waals surface area contributed by atoms with Crippen LogP contribution >= 0.6 is 0 Å². The maximum atomic E-state index is 5.99. The van der Waals surface area contributed by atoms with Gasteiger partial charge in [0, 0.05) is 32.9 Å². The molecule has 0 spiro atoms. The molecule has 0 radical (unpaired) electrons. The van der Waals surface area contributed by atoms with Crippen molar-refractivity contribution in [1.29, 1.82) is 0 Å². The van der Waals surface area contributed by atoms with Gasteiger partial charge in [-0.05, 0) is 23.8 Å². The molecule has 4 rings (SSSR count). The van der Waals surface area contributed by atoms with Crippen molar-refractivity contribution in [2.24, 2.45) is 7.05 Å². The Morgan fingerprint density at radius 2 is 2.08 bits per heavy atom. The van der Waals surface area contributed by atoms with Gasteiger partial charge in [0.05, 0.1) is 6.54 Å². The Morgan fingerprint density at radius 1 is 1.21 bits per heavy atom. The van der Waals surface area contributed by atoms with E-state index in [0.717, 1.165) is 36.1 Å². The Bertz CT molecular complexity index is 818. The number of imidazole rings is 1. The smallest absolute Gasteiger partial charge is 0.160 e. The lowest BCUT2D eigenvalue weighted by molar-refractivity contribution is 0.239. The van der Waals surface area contributed by atoms with Crippen LogP contribution in [0.5, 0.6) is 5.75 Å². The van der Waals surface area contributed by atoms with Gasteiger partial charge in [-0.25, -0.2) is 4.98 Å². The molecule has 1 aliphatic rings. The summed E-state index contributed by atoms with van der Waals surface area (Å²) in [7, 11) is 3.95. The first-order chi connectivity index (χ1) is 11.7. The molecule has 0 N–H and O–H groups in total. The quantitative estimate of drug-likeness (QED) is 0.738. The molecule has 3 aromatic rings. The zero-order valence-electron chi connectivity index (χ0n) is 13.8. The fourth-order valence-corrected chi connectivity index (χ4v) is 3.02. The number of hydrogen-bond donors (Lipinski definition) is 0. The second kappa shape index (κ2) is 5.96. The predicted molar refractivity (Wildman–Crippen MR) is 92.1 cm³/mol. The molecular formula is C18H19N5O. The lowest BCUT2D eigenvalue weighted by atomic mass is 10.1. The highest BCUT2D eigenvalue weighted by Crippen LogP contribution is 2.28. The van der Waals surface area contributed by atoms with Gasteiger partial charge in [0.2, 0.25) is 0 Å². The summed E-state index contributed by atoms with van der Waals surface area (Å²) in [4.78, 5) is 6.37. The first-order valence-corrected chi connectivity index (χ1v) is 7.98. The average Bonchev–Trinajstić information content (AvgIpc) is 3.20. The molecule has 0 saturated heterocycles. The Hall–Kier alpha value is -2.89. The normalized spacial score (nSPS) is 15.8. The lowest BCUT2D eigenvalue weighted by Crippen LogP contribution is -2.32. The SMILES string of the molecule is CN(CC1Cc2ccccc2O1)c1ccc(-c2nccn2C)nn1. The number of nitrogens with zero attached hydrogens (tertiary/aromatic N) is 5. The van der Waals surface area contributed by atoms with E-state index in [0.29, 0.717) is 0 Å². The second-order valence-electron chi connectivity index (χ2n) is 6.07. The van der Waals surface area contributed by atoms with Crippen molar-refractivity contribution in [3.8, 4) is 17.3 Å². The third kappa shape index (κ3) is 2.71. The molecule has 24 heavy (non-hydrogen) atoms. The highest BCUT2D eigenvalue weighted by molar-refractivity contribution is 5.51. The summed E-state index contributed by atoms with van der Waals surface area (Å²) < 4.78 is 7.92. The van der Waals surface area contributed by atoms with E-state index in [1.54, 1.807) is 6.20 Å². The molecule has 6 heteroatoms. The zero-order valence-corrected chi connectivity index (χ0v) is 13.8. The molecule has 1 atom stereocenters. The number of anilines is 1. The van der Waals surface area contributed by atoms with E-state index >= 15 is 0 Å². The van der Waals surface area contributed by atoms with E-state index in [2.05, 4.69) is 32.2 Å². The molecule has 122 valence electrons. The van der Waals surface area contributed by atoms with E-state index in [1.807, 2.05) is 49.1 Å². The highest BCUT2D eigenvalue weighted by Gasteiger charge is 2.24. The lowest BCUT2D eigenvalue weighted by Gasteiger charge is -2.21. The molecule has 1 aromatic carbocycles. The average molecular weight is 321 g/mol. The molecule has 2 aromatic heterocycles. The van der Waals surface area contributed by atoms with Crippen molar-refractivity contribution in [2.75, 3.05) is 18.5 Å². The number of benzene rings is 1. The number of para-hydroxylation sites is 1. The monoisotopic (exact) mass is 321 g/mol.